The highest BCUT2D eigenvalue weighted by atomic mass is 16.2. The van der Waals surface area contributed by atoms with Crippen LogP contribution in [0.3, 0.4) is 0 Å². The number of nitrogens with two attached hydrogens (primary N) is 1. The third-order valence-corrected chi connectivity index (χ3v) is 4.39. The molecule has 1 amide bonds. The second kappa shape index (κ2) is 6.68. The van der Waals surface area contributed by atoms with E-state index in [1.165, 1.54) is 0 Å². The minimum absolute atomic E-state index is 0.291. The van der Waals surface area contributed by atoms with Gasteiger partial charge in [-0.1, -0.05) is 0 Å². The predicted octanol–water partition coefficient (Wildman–Crippen LogP) is -0.0379. The van der Waals surface area contributed by atoms with Crippen LogP contribution in [-0.2, 0) is 4.79 Å². The molecular weight excluding hydrogens is 240 g/mol. The second-order valence-corrected chi connectivity index (χ2v) is 6.12. The maximum absolute atomic E-state index is 12.3. The van der Waals surface area contributed by atoms with E-state index in [2.05, 4.69) is 23.6 Å². The normalized spacial score (nSPS) is 24.1. The molecule has 2 N–H and O–H groups in total. The van der Waals surface area contributed by atoms with Crippen LogP contribution in [0.2, 0.25) is 0 Å². The Balaban J connectivity index is 1.72. The smallest absolute Gasteiger partial charge is 0.236 e. The topological polar surface area (TPSA) is 52.8 Å². The van der Waals surface area contributed by atoms with E-state index in [4.69, 9.17) is 5.73 Å². The average molecular weight is 268 g/mol. The summed E-state index contributed by atoms with van der Waals surface area (Å²) in [6, 6.07) is 0.918. The zero-order valence-corrected chi connectivity index (χ0v) is 12.3. The van der Waals surface area contributed by atoms with Crippen molar-refractivity contribution in [2.45, 2.75) is 38.8 Å². The molecule has 0 aliphatic carbocycles. The van der Waals surface area contributed by atoms with Crippen LogP contribution in [0.15, 0.2) is 0 Å². The van der Waals surface area contributed by atoms with E-state index >= 15 is 0 Å². The van der Waals surface area contributed by atoms with Gasteiger partial charge in [-0.2, -0.15) is 0 Å². The molecule has 0 radical (unpaired) electrons. The fourth-order valence-electron chi connectivity index (χ4n) is 2.89. The van der Waals surface area contributed by atoms with E-state index in [0.717, 1.165) is 52.1 Å². The monoisotopic (exact) mass is 268 g/mol. The van der Waals surface area contributed by atoms with Crippen LogP contribution in [-0.4, -0.2) is 78.5 Å². The van der Waals surface area contributed by atoms with E-state index < -0.39 is 0 Å². The highest BCUT2D eigenvalue weighted by Gasteiger charge is 2.25. The van der Waals surface area contributed by atoms with Gasteiger partial charge in [-0.15, -0.1) is 0 Å². The largest absolute Gasteiger partial charge is 0.339 e. The maximum atomic E-state index is 12.3. The van der Waals surface area contributed by atoms with Gasteiger partial charge in [0.15, 0.2) is 0 Å². The number of hydrogen-bond donors (Lipinski definition) is 1. The van der Waals surface area contributed by atoms with E-state index in [9.17, 15) is 4.79 Å². The molecule has 0 atom stereocenters. The molecule has 0 aromatic carbocycles. The van der Waals surface area contributed by atoms with E-state index in [0.29, 0.717) is 24.5 Å². The lowest BCUT2D eigenvalue weighted by atomic mass is 10.1. The van der Waals surface area contributed by atoms with Gasteiger partial charge in [0, 0.05) is 51.4 Å². The standard InChI is InChI=1S/C14H28N4O/c1-12(2)17-7-9-18(10-8-17)14(19)11-16-5-3-13(15)4-6-16/h12-13H,3-11,15H2,1-2H3. The van der Waals surface area contributed by atoms with Gasteiger partial charge in [0.05, 0.1) is 6.54 Å². The Hall–Kier alpha value is -0.650. The number of likely N-dealkylation sites (tertiary alicyclic amines) is 1. The number of carbonyl (C=O) groups excluding carboxylic acids is 1. The van der Waals surface area contributed by atoms with Crippen molar-refractivity contribution < 1.29 is 4.79 Å². The predicted molar refractivity (Wildman–Crippen MR) is 76.9 cm³/mol. The molecule has 2 rings (SSSR count). The molecule has 0 unspecified atom stereocenters. The third-order valence-electron chi connectivity index (χ3n) is 4.39. The summed E-state index contributed by atoms with van der Waals surface area (Å²) in [5, 5.41) is 0. The van der Waals surface area contributed by atoms with E-state index in [1.54, 1.807) is 0 Å². The zero-order valence-electron chi connectivity index (χ0n) is 12.3. The fourth-order valence-corrected chi connectivity index (χ4v) is 2.89. The van der Waals surface area contributed by atoms with Crippen LogP contribution >= 0.6 is 0 Å². The van der Waals surface area contributed by atoms with Gasteiger partial charge in [-0.05, 0) is 26.7 Å². The van der Waals surface area contributed by atoms with Gasteiger partial charge in [0.25, 0.3) is 0 Å². The summed E-state index contributed by atoms with van der Waals surface area (Å²) in [7, 11) is 0. The van der Waals surface area contributed by atoms with Crippen LogP contribution in [0, 0.1) is 0 Å². The van der Waals surface area contributed by atoms with Crippen molar-refractivity contribution in [2.24, 2.45) is 5.73 Å². The zero-order chi connectivity index (χ0) is 13.8. The first-order valence-corrected chi connectivity index (χ1v) is 7.56. The summed E-state index contributed by atoms with van der Waals surface area (Å²) < 4.78 is 0. The highest BCUT2D eigenvalue weighted by Crippen LogP contribution is 2.10. The molecule has 0 spiro atoms. The Kier molecular flexibility index (Phi) is 5.19. The molecule has 19 heavy (non-hydrogen) atoms. The lowest BCUT2D eigenvalue weighted by molar-refractivity contribution is -0.134. The molecule has 5 heteroatoms. The van der Waals surface area contributed by atoms with Gasteiger partial charge in [0.2, 0.25) is 5.91 Å². The summed E-state index contributed by atoms with van der Waals surface area (Å²) in [5.41, 5.74) is 5.89. The summed E-state index contributed by atoms with van der Waals surface area (Å²) in [6.45, 7) is 10.7. The van der Waals surface area contributed by atoms with Crippen molar-refractivity contribution in [3.05, 3.63) is 0 Å². The molecule has 2 aliphatic rings. The van der Waals surface area contributed by atoms with Crippen LogP contribution < -0.4 is 5.73 Å². The number of nitrogens with zero attached hydrogens (tertiary/aromatic N) is 3. The number of piperidine rings is 1. The van der Waals surface area contributed by atoms with Crippen LogP contribution in [0.25, 0.3) is 0 Å². The SMILES string of the molecule is CC(C)N1CCN(C(=O)CN2CCC(N)CC2)CC1. The first-order valence-electron chi connectivity index (χ1n) is 7.56. The maximum Gasteiger partial charge on any atom is 0.236 e. The van der Waals surface area contributed by atoms with E-state index in [-0.39, 0.29) is 0 Å². The highest BCUT2D eigenvalue weighted by molar-refractivity contribution is 5.78. The lowest BCUT2D eigenvalue weighted by Gasteiger charge is -2.38. The van der Waals surface area contributed by atoms with Gasteiger partial charge in [0.1, 0.15) is 0 Å². The van der Waals surface area contributed by atoms with Crippen molar-refractivity contribution in [3.8, 4) is 0 Å². The Bertz CT molecular complexity index is 292. The molecule has 2 aliphatic heterocycles. The molecular formula is C14H28N4O. The summed E-state index contributed by atoms with van der Waals surface area (Å²) in [6.07, 6.45) is 2.04. The number of amides is 1. The molecule has 0 aromatic heterocycles. The van der Waals surface area contributed by atoms with Crippen molar-refractivity contribution in [3.63, 3.8) is 0 Å². The molecule has 0 saturated carbocycles. The van der Waals surface area contributed by atoms with Crippen molar-refractivity contribution in [2.75, 3.05) is 45.8 Å². The van der Waals surface area contributed by atoms with Gasteiger partial charge >= 0.3 is 0 Å². The number of carbonyl (C=O) groups is 1. The molecule has 2 heterocycles. The van der Waals surface area contributed by atoms with Crippen LogP contribution in [0.4, 0.5) is 0 Å². The van der Waals surface area contributed by atoms with Crippen molar-refractivity contribution >= 4 is 5.91 Å². The minimum atomic E-state index is 0.291. The fraction of sp³-hybridized carbons (Fsp3) is 0.929. The Morgan fingerprint density at radius 1 is 1.11 bits per heavy atom. The summed E-state index contributed by atoms with van der Waals surface area (Å²) >= 11 is 0. The average Bonchev–Trinajstić information content (AvgIpc) is 2.41. The molecule has 0 bridgehead atoms. The van der Waals surface area contributed by atoms with Gasteiger partial charge in [-0.25, -0.2) is 0 Å². The quantitative estimate of drug-likeness (QED) is 0.780. The van der Waals surface area contributed by atoms with Gasteiger partial charge < -0.3 is 10.6 Å². The van der Waals surface area contributed by atoms with Crippen molar-refractivity contribution in [1.29, 1.82) is 0 Å². The first-order chi connectivity index (χ1) is 9.06. The third kappa shape index (κ3) is 4.16. The molecule has 0 aromatic rings. The number of rotatable bonds is 3. The van der Waals surface area contributed by atoms with Crippen LogP contribution in [0.1, 0.15) is 26.7 Å². The van der Waals surface area contributed by atoms with Crippen molar-refractivity contribution in [1.82, 2.24) is 14.7 Å². The Morgan fingerprint density at radius 2 is 1.68 bits per heavy atom. The molecule has 2 fully saturated rings. The number of hydrogen-bond acceptors (Lipinski definition) is 4. The second-order valence-electron chi connectivity index (χ2n) is 6.12. The number of piperazine rings is 1. The van der Waals surface area contributed by atoms with Gasteiger partial charge in [-0.3, -0.25) is 14.6 Å². The molecule has 5 nitrogen and oxygen atoms in total. The molecule has 2 saturated heterocycles. The minimum Gasteiger partial charge on any atom is -0.339 e. The van der Waals surface area contributed by atoms with Crippen LogP contribution in [0.5, 0.6) is 0 Å². The first kappa shape index (κ1) is 14.8. The molecule has 110 valence electrons. The van der Waals surface area contributed by atoms with E-state index in [1.807, 2.05) is 4.90 Å². The Labute approximate surface area is 116 Å². The summed E-state index contributed by atoms with van der Waals surface area (Å²) in [4.78, 5) is 19.0. The summed E-state index contributed by atoms with van der Waals surface area (Å²) in [5.74, 6) is 0.291. The Morgan fingerprint density at radius 3 is 2.21 bits per heavy atom. The lowest BCUT2D eigenvalue weighted by Crippen LogP contribution is -2.53.